The molecule has 1 N–H and O–H groups in total. The zero-order chi connectivity index (χ0) is 13.7. The van der Waals surface area contributed by atoms with Crippen molar-refractivity contribution in [1.29, 1.82) is 0 Å². The fraction of sp³-hybridized carbons (Fsp3) is 0.200. The molecule has 0 aromatic heterocycles. The van der Waals surface area contributed by atoms with Crippen molar-refractivity contribution in [1.82, 2.24) is 5.32 Å². The van der Waals surface area contributed by atoms with E-state index in [1.165, 1.54) is 18.2 Å². The Hall–Kier alpha value is -1.81. The first-order valence-electron chi connectivity index (χ1n) is 6.04. The Labute approximate surface area is 110 Å². The summed E-state index contributed by atoms with van der Waals surface area (Å²) in [5.41, 5.74) is 1.30. The van der Waals surface area contributed by atoms with Gasteiger partial charge in [-0.15, -0.1) is 0 Å². The standard InChI is InChI=1S/C15H14F3N/c16-13-3-1-11(2-4-13)7-8-19-10-12-9-14(17)5-6-15(12)18/h1-6,9,19H,7-8,10H2. The van der Waals surface area contributed by atoms with E-state index in [4.69, 9.17) is 0 Å². The minimum absolute atomic E-state index is 0.265. The summed E-state index contributed by atoms with van der Waals surface area (Å²) in [6.07, 6.45) is 0.706. The molecule has 0 spiro atoms. The highest BCUT2D eigenvalue weighted by Gasteiger charge is 2.03. The fourth-order valence-electron chi connectivity index (χ4n) is 1.79. The maximum Gasteiger partial charge on any atom is 0.127 e. The summed E-state index contributed by atoms with van der Waals surface area (Å²) < 4.78 is 38.9. The van der Waals surface area contributed by atoms with Crippen LogP contribution in [0.4, 0.5) is 13.2 Å². The van der Waals surface area contributed by atoms with Gasteiger partial charge in [0.2, 0.25) is 0 Å². The number of nitrogens with one attached hydrogen (secondary N) is 1. The fourth-order valence-corrected chi connectivity index (χ4v) is 1.79. The Balaban J connectivity index is 1.80. The largest absolute Gasteiger partial charge is 0.312 e. The molecule has 2 rings (SSSR count). The van der Waals surface area contributed by atoms with Crippen molar-refractivity contribution in [3.05, 3.63) is 71.0 Å². The summed E-state index contributed by atoms with van der Waals surface area (Å²) >= 11 is 0. The van der Waals surface area contributed by atoms with Gasteiger partial charge in [-0.25, -0.2) is 13.2 Å². The lowest BCUT2D eigenvalue weighted by Crippen LogP contribution is -2.17. The lowest BCUT2D eigenvalue weighted by molar-refractivity contribution is 0.569. The maximum atomic E-state index is 13.3. The topological polar surface area (TPSA) is 12.0 Å². The zero-order valence-electron chi connectivity index (χ0n) is 10.3. The molecule has 0 saturated carbocycles. The van der Waals surface area contributed by atoms with Crippen LogP contribution in [0.25, 0.3) is 0 Å². The smallest absolute Gasteiger partial charge is 0.127 e. The second-order valence-corrected chi connectivity index (χ2v) is 4.29. The van der Waals surface area contributed by atoms with E-state index in [0.29, 0.717) is 18.5 Å². The van der Waals surface area contributed by atoms with Crippen LogP contribution < -0.4 is 5.32 Å². The molecule has 19 heavy (non-hydrogen) atoms. The summed E-state index contributed by atoms with van der Waals surface area (Å²) in [4.78, 5) is 0. The van der Waals surface area contributed by atoms with Gasteiger partial charge >= 0.3 is 0 Å². The lowest BCUT2D eigenvalue weighted by atomic mass is 10.1. The molecule has 0 radical (unpaired) electrons. The average molecular weight is 265 g/mol. The summed E-state index contributed by atoms with van der Waals surface area (Å²) in [7, 11) is 0. The average Bonchev–Trinajstić information content (AvgIpc) is 2.40. The Morgan fingerprint density at radius 2 is 1.53 bits per heavy atom. The predicted molar refractivity (Wildman–Crippen MR) is 68.2 cm³/mol. The molecule has 0 aliphatic carbocycles. The van der Waals surface area contributed by atoms with Gasteiger partial charge in [0.1, 0.15) is 17.5 Å². The number of halogens is 3. The molecule has 100 valence electrons. The van der Waals surface area contributed by atoms with Gasteiger partial charge in [-0.1, -0.05) is 12.1 Å². The molecular weight excluding hydrogens is 251 g/mol. The summed E-state index contributed by atoms with van der Waals surface area (Å²) in [5, 5.41) is 3.03. The minimum Gasteiger partial charge on any atom is -0.312 e. The molecule has 1 nitrogen and oxygen atoms in total. The summed E-state index contributed by atoms with van der Waals surface area (Å²) in [6, 6.07) is 9.62. The quantitative estimate of drug-likeness (QED) is 0.817. The van der Waals surface area contributed by atoms with Crippen LogP contribution in [0, 0.1) is 17.5 Å². The van der Waals surface area contributed by atoms with Gasteiger partial charge in [0, 0.05) is 12.1 Å². The van der Waals surface area contributed by atoms with Gasteiger partial charge in [0.05, 0.1) is 0 Å². The van der Waals surface area contributed by atoms with Crippen molar-refractivity contribution in [2.45, 2.75) is 13.0 Å². The Kier molecular flexibility index (Phi) is 4.58. The Bertz CT molecular complexity index is 538. The first kappa shape index (κ1) is 13.6. The van der Waals surface area contributed by atoms with Crippen LogP contribution in [0.2, 0.25) is 0 Å². The third kappa shape index (κ3) is 4.10. The van der Waals surface area contributed by atoms with Crippen LogP contribution in [0.3, 0.4) is 0 Å². The summed E-state index contributed by atoms with van der Waals surface area (Å²) in [6.45, 7) is 0.881. The minimum atomic E-state index is -0.447. The van der Waals surface area contributed by atoms with E-state index in [2.05, 4.69) is 5.32 Å². The monoisotopic (exact) mass is 265 g/mol. The number of hydrogen-bond donors (Lipinski definition) is 1. The van der Waals surface area contributed by atoms with Crippen LogP contribution >= 0.6 is 0 Å². The van der Waals surface area contributed by atoms with Crippen LogP contribution in [0.5, 0.6) is 0 Å². The van der Waals surface area contributed by atoms with Gasteiger partial charge in [-0.05, 0) is 48.9 Å². The van der Waals surface area contributed by atoms with Crippen molar-refractivity contribution in [2.75, 3.05) is 6.54 Å². The molecule has 0 aliphatic heterocycles. The Morgan fingerprint density at radius 3 is 2.26 bits per heavy atom. The van der Waals surface area contributed by atoms with Crippen molar-refractivity contribution >= 4 is 0 Å². The second-order valence-electron chi connectivity index (χ2n) is 4.29. The third-order valence-corrected chi connectivity index (χ3v) is 2.83. The molecule has 2 aromatic rings. The van der Waals surface area contributed by atoms with Crippen LogP contribution in [0.15, 0.2) is 42.5 Å². The van der Waals surface area contributed by atoms with Crippen LogP contribution in [-0.4, -0.2) is 6.54 Å². The molecule has 2 aromatic carbocycles. The first-order chi connectivity index (χ1) is 9.15. The van der Waals surface area contributed by atoms with E-state index < -0.39 is 11.6 Å². The van der Waals surface area contributed by atoms with Crippen molar-refractivity contribution in [2.24, 2.45) is 0 Å². The number of benzene rings is 2. The van der Waals surface area contributed by atoms with Gasteiger partial charge in [0.25, 0.3) is 0 Å². The first-order valence-corrected chi connectivity index (χ1v) is 6.04. The van der Waals surface area contributed by atoms with Gasteiger partial charge in [-0.3, -0.25) is 0 Å². The predicted octanol–water partition coefficient (Wildman–Crippen LogP) is 3.44. The van der Waals surface area contributed by atoms with Crippen molar-refractivity contribution in [3.63, 3.8) is 0 Å². The number of hydrogen-bond acceptors (Lipinski definition) is 1. The highest BCUT2D eigenvalue weighted by Crippen LogP contribution is 2.09. The molecule has 0 amide bonds. The molecule has 0 heterocycles. The maximum absolute atomic E-state index is 13.3. The van der Waals surface area contributed by atoms with Crippen molar-refractivity contribution in [3.8, 4) is 0 Å². The molecule has 0 saturated heterocycles. The molecule has 4 heteroatoms. The van der Waals surface area contributed by atoms with Gasteiger partial charge in [0.15, 0.2) is 0 Å². The van der Waals surface area contributed by atoms with Crippen LogP contribution in [0.1, 0.15) is 11.1 Å². The normalized spacial score (nSPS) is 10.7. The Morgan fingerprint density at radius 1 is 0.842 bits per heavy atom. The molecule has 0 bridgehead atoms. The van der Waals surface area contributed by atoms with E-state index in [-0.39, 0.29) is 12.4 Å². The highest BCUT2D eigenvalue weighted by atomic mass is 19.1. The van der Waals surface area contributed by atoms with Gasteiger partial charge in [-0.2, -0.15) is 0 Å². The van der Waals surface area contributed by atoms with E-state index in [0.717, 1.165) is 17.7 Å². The molecule has 0 aliphatic rings. The van der Waals surface area contributed by atoms with E-state index >= 15 is 0 Å². The number of rotatable bonds is 5. The SMILES string of the molecule is Fc1ccc(CCNCc2cc(F)ccc2F)cc1. The zero-order valence-corrected chi connectivity index (χ0v) is 10.3. The third-order valence-electron chi connectivity index (χ3n) is 2.83. The molecular formula is C15H14F3N. The highest BCUT2D eigenvalue weighted by molar-refractivity contribution is 5.19. The second kappa shape index (κ2) is 6.38. The lowest BCUT2D eigenvalue weighted by Gasteiger charge is -2.06. The summed E-state index contributed by atoms with van der Waals surface area (Å²) in [5.74, 6) is -1.13. The van der Waals surface area contributed by atoms with Gasteiger partial charge < -0.3 is 5.32 Å². The van der Waals surface area contributed by atoms with Crippen LogP contribution in [-0.2, 0) is 13.0 Å². The molecule has 0 fully saturated rings. The van der Waals surface area contributed by atoms with Crippen molar-refractivity contribution < 1.29 is 13.2 Å². The molecule has 0 unspecified atom stereocenters. The van der Waals surface area contributed by atoms with E-state index in [1.54, 1.807) is 12.1 Å². The molecule has 0 atom stereocenters. The van der Waals surface area contributed by atoms with E-state index in [9.17, 15) is 13.2 Å². The van der Waals surface area contributed by atoms with E-state index in [1.807, 2.05) is 0 Å².